The van der Waals surface area contributed by atoms with Gasteiger partial charge in [-0.1, -0.05) is 6.92 Å². The number of thioether (sulfide) groups is 1. The highest BCUT2D eigenvalue weighted by Crippen LogP contribution is 2.23. The second kappa shape index (κ2) is 5.97. The second-order valence-electron chi connectivity index (χ2n) is 3.48. The fourth-order valence-corrected chi connectivity index (χ4v) is 2.37. The van der Waals surface area contributed by atoms with Crippen molar-refractivity contribution >= 4 is 30.1 Å². The molecule has 16 heavy (non-hydrogen) atoms. The zero-order valence-electron chi connectivity index (χ0n) is 8.66. The van der Waals surface area contributed by atoms with Gasteiger partial charge in [0.25, 0.3) is 0 Å². The molecular weight excluding hydrogens is 265 g/mol. The van der Waals surface area contributed by atoms with Gasteiger partial charge in [0.15, 0.2) is 6.04 Å². The van der Waals surface area contributed by atoms with Gasteiger partial charge < -0.3 is 10.6 Å². The Morgan fingerprint density at radius 1 is 1.56 bits per heavy atom. The van der Waals surface area contributed by atoms with Crippen molar-refractivity contribution in [3.63, 3.8) is 0 Å². The third kappa shape index (κ3) is 4.03. The van der Waals surface area contributed by atoms with Crippen LogP contribution in [-0.4, -0.2) is 47.1 Å². The van der Waals surface area contributed by atoms with Gasteiger partial charge in [0.05, 0.1) is 0 Å². The van der Waals surface area contributed by atoms with E-state index in [0.717, 1.165) is 0 Å². The number of nitrogens with two attached hydrogens (primary N) is 1. The fraction of sp³-hybridized carbons (Fsp3) is 0.875. The molecule has 1 heterocycles. The summed E-state index contributed by atoms with van der Waals surface area (Å²) in [5, 5.41) is 0.170. The van der Waals surface area contributed by atoms with Gasteiger partial charge in [-0.2, -0.15) is 24.9 Å². The minimum atomic E-state index is -4.65. The molecule has 0 saturated carbocycles. The van der Waals surface area contributed by atoms with Crippen molar-refractivity contribution in [3.05, 3.63) is 0 Å². The standard InChI is InChI=1S/C8H13F3N2OS.ClH/c1-5-4-13(2-3-15-5)7(14)6(12)8(9,10)11;/h5-6H,2-4,12H2,1H3;1H. The Morgan fingerprint density at radius 2 is 2.12 bits per heavy atom. The lowest BCUT2D eigenvalue weighted by molar-refractivity contribution is -0.169. The molecule has 0 aromatic carbocycles. The Bertz CT molecular complexity index is 252. The molecular formula is C8H14ClF3N2OS. The first-order chi connectivity index (χ1) is 6.82. The number of amides is 1. The number of nitrogens with zero attached hydrogens (tertiary/aromatic N) is 1. The predicted octanol–water partition coefficient (Wildman–Crippen LogP) is 1.26. The predicted molar refractivity (Wildman–Crippen MR) is 59.8 cm³/mol. The van der Waals surface area contributed by atoms with E-state index < -0.39 is 18.1 Å². The number of rotatable bonds is 1. The maximum absolute atomic E-state index is 12.2. The van der Waals surface area contributed by atoms with E-state index in [0.29, 0.717) is 18.8 Å². The van der Waals surface area contributed by atoms with Crippen molar-refractivity contribution in [2.24, 2.45) is 5.73 Å². The lowest BCUT2D eigenvalue weighted by atomic mass is 10.2. The van der Waals surface area contributed by atoms with Gasteiger partial charge >= 0.3 is 6.18 Å². The van der Waals surface area contributed by atoms with Gasteiger partial charge in [0.2, 0.25) is 5.91 Å². The molecule has 3 nitrogen and oxygen atoms in total. The number of hydrogen-bond acceptors (Lipinski definition) is 3. The quantitative estimate of drug-likeness (QED) is 0.786. The molecule has 1 amide bonds. The summed E-state index contributed by atoms with van der Waals surface area (Å²) in [6, 6.07) is -2.38. The zero-order chi connectivity index (χ0) is 11.6. The first-order valence-corrected chi connectivity index (χ1v) is 5.60. The maximum Gasteiger partial charge on any atom is 0.412 e. The number of carbonyl (C=O) groups is 1. The van der Waals surface area contributed by atoms with Crippen molar-refractivity contribution in [2.75, 3.05) is 18.8 Å². The summed E-state index contributed by atoms with van der Waals surface area (Å²) in [6.07, 6.45) is -4.65. The van der Waals surface area contributed by atoms with Crippen molar-refractivity contribution in [1.82, 2.24) is 4.90 Å². The van der Waals surface area contributed by atoms with Gasteiger partial charge in [-0.15, -0.1) is 12.4 Å². The largest absolute Gasteiger partial charge is 0.412 e. The molecule has 2 atom stereocenters. The summed E-state index contributed by atoms with van der Waals surface area (Å²) in [5.74, 6) is -0.355. The summed E-state index contributed by atoms with van der Waals surface area (Å²) in [5.41, 5.74) is 4.85. The van der Waals surface area contributed by atoms with Gasteiger partial charge in [-0.25, -0.2) is 0 Å². The normalized spacial score (nSPS) is 23.6. The third-order valence-corrected chi connectivity index (χ3v) is 3.31. The highest BCUT2D eigenvalue weighted by Gasteiger charge is 2.44. The van der Waals surface area contributed by atoms with Gasteiger partial charge in [0.1, 0.15) is 0 Å². The van der Waals surface area contributed by atoms with Crippen LogP contribution in [0, 0.1) is 0 Å². The molecule has 96 valence electrons. The Balaban J connectivity index is 0.00000225. The molecule has 2 unspecified atom stereocenters. The van der Waals surface area contributed by atoms with Crippen molar-refractivity contribution in [3.8, 4) is 0 Å². The molecule has 0 radical (unpaired) electrons. The lowest BCUT2D eigenvalue weighted by Crippen LogP contribution is -2.54. The van der Waals surface area contributed by atoms with E-state index in [2.05, 4.69) is 0 Å². The minimum Gasteiger partial charge on any atom is -0.339 e. The SMILES string of the molecule is CC1CN(C(=O)C(N)C(F)(F)F)CCS1.Cl. The molecule has 1 saturated heterocycles. The average Bonchev–Trinajstić information content (AvgIpc) is 2.14. The Kier molecular flexibility index (Phi) is 5.92. The van der Waals surface area contributed by atoms with Crippen LogP contribution in [0.2, 0.25) is 0 Å². The number of hydrogen-bond donors (Lipinski definition) is 1. The highest BCUT2D eigenvalue weighted by molar-refractivity contribution is 7.99. The summed E-state index contributed by atoms with van der Waals surface area (Å²) in [4.78, 5) is 12.6. The Labute approximate surface area is 102 Å². The Hall–Kier alpha value is -0.140. The van der Waals surface area contributed by atoms with E-state index in [-0.39, 0.29) is 17.7 Å². The molecule has 1 fully saturated rings. The summed E-state index contributed by atoms with van der Waals surface area (Å²) >= 11 is 1.64. The van der Waals surface area contributed by atoms with Crippen LogP contribution in [0.5, 0.6) is 0 Å². The molecule has 0 aromatic heterocycles. The van der Waals surface area contributed by atoms with Gasteiger partial charge in [0, 0.05) is 24.1 Å². The summed E-state index contributed by atoms with van der Waals surface area (Å²) < 4.78 is 36.5. The van der Waals surface area contributed by atoms with Crippen molar-refractivity contribution < 1.29 is 18.0 Å². The van der Waals surface area contributed by atoms with Crippen LogP contribution in [0.1, 0.15) is 6.92 Å². The van der Waals surface area contributed by atoms with Crippen molar-refractivity contribution in [1.29, 1.82) is 0 Å². The monoisotopic (exact) mass is 278 g/mol. The summed E-state index contributed by atoms with van der Waals surface area (Å²) in [6.45, 7) is 2.56. The van der Waals surface area contributed by atoms with E-state index in [9.17, 15) is 18.0 Å². The van der Waals surface area contributed by atoms with E-state index in [1.54, 1.807) is 11.8 Å². The molecule has 0 bridgehead atoms. The number of halogens is 4. The Morgan fingerprint density at radius 3 is 2.56 bits per heavy atom. The third-order valence-electron chi connectivity index (χ3n) is 2.17. The van der Waals surface area contributed by atoms with Crippen LogP contribution >= 0.6 is 24.2 Å². The molecule has 1 aliphatic rings. The van der Waals surface area contributed by atoms with Gasteiger partial charge in [-0.3, -0.25) is 4.79 Å². The molecule has 0 spiro atoms. The second-order valence-corrected chi connectivity index (χ2v) is 5.03. The van der Waals surface area contributed by atoms with Crippen LogP contribution < -0.4 is 5.73 Å². The van der Waals surface area contributed by atoms with Crippen molar-refractivity contribution in [2.45, 2.75) is 24.4 Å². The number of carbonyl (C=O) groups excluding carboxylic acids is 1. The first kappa shape index (κ1) is 15.9. The number of alkyl halides is 3. The van der Waals surface area contributed by atoms with Gasteiger partial charge in [-0.05, 0) is 0 Å². The molecule has 8 heteroatoms. The van der Waals surface area contributed by atoms with Crippen LogP contribution in [0.4, 0.5) is 13.2 Å². The van der Waals surface area contributed by atoms with Crippen LogP contribution in [0.3, 0.4) is 0 Å². The van der Waals surface area contributed by atoms with E-state index in [4.69, 9.17) is 5.73 Å². The lowest BCUT2D eigenvalue weighted by Gasteiger charge is -2.32. The minimum absolute atomic E-state index is 0. The molecule has 1 rings (SSSR count). The summed E-state index contributed by atoms with van der Waals surface area (Å²) in [7, 11) is 0. The highest BCUT2D eigenvalue weighted by atomic mass is 35.5. The maximum atomic E-state index is 12.2. The van der Waals surface area contributed by atoms with Crippen LogP contribution in [0.15, 0.2) is 0 Å². The van der Waals surface area contributed by atoms with Crippen LogP contribution in [0.25, 0.3) is 0 Å². The fourth-order valence-electron chi connectivity index (χ4n) is 1.36. The van der Waals surface area contributed by atoms with Crippen LogP contribution in [-0.2, 0) is 4.79 Å². The molecule has 0 aliphatic carbocycles. The molecule has 2 N–H and O–H groups in total. The molecule has 1 aliphatic heterocycles. The van der Waals surface area contributed by atoms with E-state index >= 15 is 0 Å². The topological polar surface area (TPSA) is 46.3 Å². The zero-order valence-corrected chi connectivity index (χ0v) is 10.3. The smallest absolute Gasteiger partial charge is 0.339 e. The van der Waals surface area contributed by atoms with E-state index in [1.807, 2.05) is 6.92 Å². The van der Waals surface area contributed by atoms with E-state index in [1.165, 1.54) is 4.90 Å². The molecule has 0 aromatic rings. The first-order valence-electron chi connectivity index (χ1n) is 4.55. The average molecular weight is 279 g/mol.